The quantitative estimate of drug-likeness (QED) is 0.777. The number of hydrogen-bond donors (Lipinski definition) is 1. The first-order valence-corrected chi connectivity index (χ1v) is 7.58. The zero-order chi connectivity index (χ0) is 17.5. The van der Waals surface area contributed by atoms with Crippen LogP contribution in [0.4, 0.5) is 10.1 Å². The predicted octanol–water partition coefficient (Wildman–Crippen LogP) is 3.99. The first kappa shape index (κ1) is 17.6. The van der Waals surface area contributed by atoms with Crippen LogP contribution in [0.25, 0.3) is 0 Å². The van der Waals surface area contributed by atoms with E-state index in [1.807, 2.05) is 0 Å². The smallest absolute Gasteiger partial charge is 0.328 e. The summed E-state index contributed by atoms with van der Waals surface area (Å²) in [5, 5.41) is 2.89. The topological polar surface area (TPSA) is 56.8 Å². The van der Waals surface area contributed by atoms with Gasteiger partial charge in [0, 0.05) is 11.8 Å². The van der Waals surface area contributed by atoms with E-state index in [4.69, 9.17) is 14.2 Å². The number of halogens is 1. The third-order valence-corrected chi connectivity index (χ3v) is 3.24. The second kappa shape index (κ2) is 8.19. The van der Waals surface area contributed by atoms with Gasteiger partial charge in [-0.1, -0.05) is 12.1 Å². The van der Waals surface area contributed by atoms with Crippen molar-refractivity contribution in [2.75, 3.05) is 19.0 Å². The summed E-state index contributed by atoms with van der Waals surface area (Å²) in [6.45, 7) is 3.67. The number of nitrogens with one attached hydrogen (secondary N) is 1. The van der Waals surface area contributed by atoms with Crippen LogP contribution in [0.2, 0.25) is 0 Å². The standard InChI is InChI=1S/C18H20FNO4/c1-4-23-18(21)12(2)20-13-9-10-15(14(19)11-13)24-17-8-6-5-7-16(17)22-3/h5-12,20H,4H2,1-3H3. The van der Waals surface area contributed by atoms with E-state index in [1.54, 1.807) is 44.2 Å². The van der Waals surface area contributed by atoms with E-state index in [2.05, 4.69) is 5.32 Å². The molecule has 2 rings (SSSR count). The van der Waals surface area contributed by atoms with Crippen molar-refractivity contribution in [2.45, 2.75) is 19.9 Å². The van der Waals surface area contributed by atoms with Gasteiger partial charge < -0.3 is 19.5 Å². The molecule has 2 aromatic rings. The molecule has 0 aliphatic heterocycles. The molecule has 0 fully saturated rings. The van der Waals surface area contributed by atoms with Crippen LogP contribution in [0.3, 0.4) is 0 Å². The van der Waals surface area contributed by atoms with E-state index >= 15 is 0 Å². The van der Waals surface area contributed by atoms with Gasteiger partial charge in [0.1, 0.15) is 6.04 Å². The fourth-order valence-corrected chi connectivity index (χ4v) is 2.07. The Kier molecular flexibility index (Phi) is 6.01. The second-order valence-corrected chi connectivity index (χ2v) is 5.02. The van der Waals surface area contributed by atoms with E-state index in [0.29, 0.717) is 23.8 Å². The summed E-state index contributed by atoms with van der Waals surface area (Å²) < 4.78 is 29.9. The lowest BCUT2D eigenvalue weighted by Gasteiger charge is -2.15. The van der Waals surface area contributed by atoms with Crippen molar-refractivity contribution in [3.8, 4) is 17.2 Å². The Morgan fingerprint density at radius 1 is 1.17 bits per heavy atom. The molecule has 0 aromatic heterocycles. The Bertz CT molecular complexity index is 705. The number of rotatable bonds is 7. The number of carbonyl (C=O) groups is 1. The van der Waals surface area contributed by atoms with Crippen LogP contribution in [0.5, 0.6) is 17.2 Å². The lowest BCUT2D eigenvalue weighted by molar-refractivity contribution is -0.143. The second-order valence-electron chi connectivity index (χ2n) is 5.02. The molecule has 128 valence electrons. The van der Waals surface area contributed by atoms with Crippen molar-refractivity contribution in [1.29, 1.82) is 0 Å². The van der Waals surface area contributed by atoms with Gasteiger partial charge in [-0.2, -0.15) is 0 Å². The van der Waals surface area contributed by atoms with Gasteiger partial charge >= 0.3 is 5.97 Å². The molecular weight excluding hydrogens is 313 g/mol. The van der Waals surface area contributed by atoms with Gasteiger partial charge in [0.05, 0.1) is 13.7 Å². The zero-order valence-corrected chi connectivity index (χ0v) is 13.8. The predicted molar refractivity (Wildman–Crippen MR) is 89.2 cm³/mol. The van der Waals surface area contributed by atoms with Crippen molar-refractivity contribution in [3.05, 3.63) is 48.3 Å². The summed E-state index contributed by atoms with van der Waals surface area (Å²) in [5.41, 5.74) is 0.459. The molecular formula is C18H20FNO4. The van der Waals surface area contributed by atoms with E-state index in [1.165, 1.54) is 19.2 Å². The van der Waals surface area contributed by atoms with Crippen LogP contribution < -0.4 is 14.8 Å². The van der Waals surface area contributed by atoms with Gasteiger partial charge in [0.25, 0.3) is 0 Å². The van der Waals surface area contributed by atoms with Gasteiger partial charge in [-0.15, -0.1) is 0 Å². The maximum absolute atomic E-state index is 14.2. The minimum Gasteiger partial charge on any atom is -0.493 e. The van der Waals surface area contributed by atoms with Crippen LogP contribution in [0, 0.1) is 5.82 Å². The third kappa shape index (κ3) is 4.38. The number of hydrogen-bond acceptors (Lipinski definition) is 5. The van der Waals surface area contributed by atoms with E-state index < -0.39 is 17.8 Å². The molecule has 6 heteroatoms. The Morgan fingerprint density at radius 3 is 2.50 bits per heavy atom. The molecule has 0 spiro atoms. The maximum atomic E-state index is 14.2. The van der Waals surface area contributed by atoms with E-state index in [9.17, 15) is 9.18 Å². The largest absolute Gasteiger partial charge is 0.493 e. The highest BCUT2D eigenvalue weighted by atomic mass is 19.1. The lowest BCUT2D eigenvalue weighted by Crippen LogP contribution is -2.28. The summed E-state index contributed by atoms with van der Waals surface area (Å²) in [4.78, 5) is 11.6. The van der Waals surface area contributed by atoms with E-state index in [-0.39, 0.29) is 5.75 Å². The number of benzene rings is 2. The molecule has 0 saturated heterocycles. The lowest BCUT2D eigenvalue weighted by atomic mass is 10.2. The number of ether oxygens (including phenoxy) is 3. The van der Waals surface area contributed by atoms with Crippen LogP contribution in [-0.4, -0.2) is 25.7 Å². The minimum atomic E-state index is -0.578. The summed E-state index contributed by atoms with van der Waals surface area (Å²) >= 11 is 0. The summed E-state index contributed by atoms with van der Waals surface area (Å²) in [6, 6.07) is 10.8. The Balaban J connectivity index is 2.11. The first-order chi connectivity index (χ1) is 11.5. The van der Waals surface area contributed by atoms with Crippen molar-refractivity contribution in [2.24, 2.45) is 0 Å². The van der Waals surface area contributed by atoms with Gasteiger partial charge in [0.15, 0.2) is 23.1 Å². The molecule has 24 heavy (non-hydrogen) atoms. The Morgan fingerprint density at radius 2 is 1.88 bits per heavy atom. The molecule has 1 N–H and O–H groups in total. The number of para-hydroxylation sites is 2. The molecule has 0 bridgehead atoms. The van der Waals surface area contributed by atoms with Crippen molar-refractivity contribution < 1.29 is 23.4 Å². The number of carbonyl (C=O) groups excluding carboxylic acids is 1. The van der Waals surface area contributed by atoms with Crippen molar-refractivity contribution in [3.63, 3.8) is 0 Å². The molecule has 0 radical (unpaired) electrons. The number of methoxy groups -OCH3 is 1. The zero-order valence-electron chi connectivity index (χ0n) is 13.8. The van der Waals surface area contributed by atoms with E-state index in [0.717, 1.165) is 0 Å². The minimum absolute atomic E-state index is 0.0637. The highest BCUT2D eigenvalue weighted by Crippen LogP contribution is 2.33. The van der Waals surface area contributed by atoms with Crippen molar-refractivity contribution in [1.82, 2.24) is 0 Å². The normalized spacial score (nSPS) is 11.5. The molecule has 5 nitrogen and oxygen atoms in total. The molecule has 0 saturated carbocycles. The highest BCUT2D eigenvalue weighted by Gasteiger charge is 2.15. The summed E-state index contributed by atoms with van der Waals surface area (Å²) in [7, 11) is 1.52. The monoisotopic (exact) mass is 333 g/mol. The molecule has 1 unspecified atom stereocenters. The van der Waals surface area contributed by atoms with Crippen LogP contribution in [0.1, 0.15) is 13.8 Å². The fourth-order valence-electron chi connectivity index (χ4n) is 2.07. The average molecular weight is 333 g/mol. The molecule has 2 aromatic carbocycles. The first-order valence-electron chi connectivity index (χ1n) is 7.58. The van der Waals surface area contributed by atoms with Crippen LogP contribution in [0.15, 0.2) is 42.5 Å². The van der Waals surface area contributed by atoms with Gasteiger partial charge in [0.2, 0.25) is 0 Å². The Labute approximate surface area is 140 Å². The number of anilines is 1. The van der Waals surface area contributed by atoms with Gasteiger partial charge in [-0.05, 0) is 38.1 Å². The van der Waals surface area contributed by atoms with Gasteiger partial charge in [-0.25, -0.2) is 9.18 Å². The third-order valence-electron chi connectivity index (χ3n) is 3.24. The van der Waals surface area contributed by atoms with Gasteiger partial charge in [-0.3, -0.25) is 0 Å². The average Bonchev–Trinajstić information content (AvgIpc) is 2.58. The molecule has 0 aliphatic carbocycles. The highest BCUT2D eigenvalue weighted by molar-refractivity contribution is 5.78. The summed E-state index contributed by atoms with van der Waals surface area (Å²) in [6.07, 6.45) is 0. The molecule has 0 amide bonds. The maximum Gasteiger partial charge on any atom is 0.328 e. The van der Waals surface area contributed by atoms with Crippen LogP contribution in [-0.2, 0) is 9.53 Å². The van der Waals surface area contributed by atoms with Crippen molar-refractivity contribution >= 4 is 11.7 Å². The SMILES string of the molecule is CCOC(=O)C(C)Nc1ccc(Oc2ccccc2OC)c(F)c1. The molecule has 0 aliphatic rings. The Hall–Kier alpha value is -2.76. The number of esters is 1. The summed E-state index contributed by atoms with van der Waals surface area (Å²) in [5.74, 6) is 0.0394. The molecule has 1 atom stereocenters. The molecule has 0 heterocycles. The van der Waals surface area contributed by atoms with Crippen LogP contribution >= 0.6 is 0 Å². The fraction of sp³-hybridized carbons (Fsp3) is 0.278.